The fourth-order valence-corrected chi connectivity index (χ4v) is 3.89. The molecule has 0 saturated carbocycles. The predicted octanol–water partition coefficient (Wildman–Crippen LogP) is 4.06. The monoisotopic (exact) mass is 346 g/mol. The first-order valence-corrected chi connectivity index (χ1v) is 9.13. The molecule has 2 aromatic rings. The number of urea groups is 1. The van der Waals surface area contributed by atoms with Crippen LogP contribution in [0.2, 0.25) is 0 Å². The van der Waals surface area contributed by atoms with E-state index in [1.165, 1.54) is 0 Å². The number of nitrogens with zero attached hydrogens (tertiary/aromatic N) is 1. The van der Waals surface area contributed by atoms with Crippen LogP contribution in [0.4, 0.5) is 10.5 Å². The molecule has 1 fully saturated rings. The summed E-state index contributed by atoms with van der Waals surface area (Å²) in [4.78, 5) is 14.7. The molecular weight excluding hydrogens is 324 g/mol. The Morgan fingerprint density at radius 1 is 1.38 bits per heavy atom. The number of furan rings is 1. The molecule has 1 saturated heterocycles. The topological polar surface area (TPSA) is 54.7 Å². The maximum Gasteiger partial charge on any atom is 0.322 e. The van der Waals surface area contributed by atoms with Crippen molar-refractivity contribution in [2.75, 3.05) is 30.5 Å². The van der Waals surface area contributed by atoms with Crippen molar-refractivity contribution in [3.8, 4) is 0 Å². The van der Waals surface area contributed by atoms with E-state index in [0.717, 1.165) is 34.3 Å². The van der Waals surface area contributed by atoms with Crippen molar-refractivity contribution >= 4 is 23.5 Å². The van der Waals surface area contributed by atoms with Crippen molar-refractivity contribution in [3.05, 3.63) is 53.5 Å². The first kappa shape index (κ1) is 16.9. The van der Waals surface area contributed by atoms with E-state index in [-0.39, 0.29) is 12.1 Å². The van der Waals surface area contributed by atoms with Gasteiger partial charge in [0.2, 0.25) is 0 Å². The van der Waals surface area contributed by atoms with Gasteiger partial charge in [-0.3, -0.25) is 0 Å². The van der Waals surface area contributed by atoms with E-state index in [1.807, 2.05) is 60.0 Å². The molecule has 1 aromatic heterocycles. The number of hydrogen-bond acceptors (Lipinski definition) is 4. The quantitative estimate of drug-likeness (QED) is 0.907. The van der Waals surface area contributed by atoms with Crippen molar-refractivity contribution in [1.29, 1.82) is 0 Å². The van der Waals surface area contributed by atoms with E-state index in [4.69, 9.17) is 9.15 Å². The van der Waals surface area contributed by atoms with Gasteiger partial charge < -0.3 is 19.4 Å². The minimum absolute atomic E-state index is 0.0352. The maximum atomic E-state index is 12.8. The van der Waals surface area contributed by atoms with Crippen molar-refractivity contribution in [1.82, 2.24) is 4.90 Å². The molecule has 0 spiro atoms. The molecule has 0 radical (unpaired) electrons. The second-order valence-electron chi connectivity index (χ2n) is 5.75. The van der Waals surface area contributed by atoms with Gasteiger partial charge >= 0.3 is 6.03 Å². The van der Waals surface area contributed by atoms with Crippen LogP contribution in [0.25, 0.3) is 0 Å². The summed E-state index contributed by atoms with van der Waals surface area (Å²) < 4.78 is 11.0. The number of ether oxygens (including phenoxy) is 1. The Morgan fingerprint density at radius 3 is 2.96 bits per heavy atom. The normalized spacial score (nSPS) is 17.8. The standard InChI is InChI=1S/C18H22N2O3S/c1-13-7-8-17(23-13)16-12-24-10-9-20(16)18(21)19-15-6-4-3-5-14(15)11-22-2/h3-8,16H,9-12H2,1-2H3,(H,19,21). The highest BCUT2D eigenvalue weighted by Crippen LogP contribution is 2.31. The van der Waals surface area contributed by atoms with Crippen LogP contribution in [0.5, 0.6) is 0 Å². The smallest absolute Gasteiger partial charge is 0.322 e. The summed E-state index contributed by atoms with van der Waals surface area (Å²) in [6.07, 6.45) is 0. The van der Waals surface area contributed by atoms with Gasteiger partial charge in [-0.25, -0.2) is 4.79 Å². The van der Waals surface area contributed by atoms with Crippen molar-refractivity contribution in [2.24, 2.45) is 0 Å². The number of rotatable bonds is 4. The Kier molecular flexibility index (Phi) is 5.48. The molecule has 1 unspecified atom stereocenters. The molecule has 0 bridgehead atoms. The first-order chi connectivity index (χ1) is 11.7. The SMILES string of the molecule is COCc1ccccc1NC(=O)N1CCSCC1c1ccc(C)o1. The molecule has 6 heteroatoms. The number of amides is 2. The number of carbonyl (C=O) groups is 1. The Bertz CT molecular complexity index is 701. The maximum absolute atomic E-state index is 12.8. The third-order valence-electron chi connectivity index (χ3n) is 4.04. The first-order valence-electron chi connectivity index (χ1n) is 7.97. The molecule has 1 aromatic carbocycles. The second-order valence-corrected chi connectivity index (χ2v) is 6.90. The number of anilines is 1. The molecule has 1 atom stereocenters. The van der Waals surface area contributed by atoms with Gasteiger partial charge in [-0.2, -0.15) is 11.8 Å². The Labute approximate surface area is 146 Å². The van der Waals surface area contributed by atoms with E-state index in [2.05, 4.69) is 5.32 Å². The molecular formula is C18H22N2O3S. The van der Waals surface area contributed by atoms with Crippen LogP contribution >= 0.6 is 11.8 Å². The summed E-state index contributed by atoms with van der Waals surface area (Å²) in [6, 6.07) is 11.5. The molecule has 24 heavy (non-hydrogen) atoms. The lowest BCUT2D eigenvalue weighted by molar-refractivity contribution is 0.183. The van der Waals surface area contributed by atoms with Gasteiger partial charge in [-0.15, -0.1) is 0 Å². The molecule has 3 rings (SSSR count). The third-order valence-corrected chi connectivity index (χ3v) is 5.06. The van der Waals surface area contributed by atoms with Crippen molar-refractivity contribution in [2.45, 2.75) is 19.6 Å². The van der Waals surface area contributed by atoms with E-state index in [0.29, 0.717) is 13.2 Å². The number of benzene rings is 1. The molecule has 2 heterocycles. The van der Waals surface area contributed by atoms with Gasteiger partial charge in [0.1, 0.15) is 17.6 Å². The highest BCUT2D eigenvalue weighted by molar-refractivity contribution is 7.99. The number of methoxy groups -OCH3 is 1. The zero-order valence-corrected chi connectivity index (χ0v) is 14.8. The van der Waals surface area contributed by atoms with Crippen molar-refractivity contribution in [3.63, 3.8) is 0 Å². The lowest BCUT2D eigenvalue weighted by atomic mass is 10.2. The van der Waals surface area contributed by atoms with Gasteiger partial charge in [0.15, 0.2) is 0 Å². The molecule has 1 N–H and O–H groups in total. The Morgan fingerprint density at radius 2 is 2.21 bits per heavy atom. The minimum atomic E-state index is -0.0992. The Hall–Kier alpha value is -1.92. The summed E-state index contributed by atoms with van der Waals surface area (Å²) in [6.45, 7) is 3.09. The van der Waals surface area contributed by atoms with Crippen LogP contribution in [0, 0.1) is 6.92 Å². The third kappa shape index (κ3) is 3.76. The molecule has 1 aliphatic heterocycles. The van der Waals surface area contributed by atoms with Gasteiger partial charge in [0.25, 0.3) is 0 Å². The van der Waals surface area contributed by atoms with Crippen LogP contribution in [-0.2, 0) is 11.3 Å². The number of aryl methyl sites for hydroxylation is 1. The van der Waals surface area contributed by atoms with Crippen LogP contribution < -0.4 is 5.32 Å². The number of para-hydroxylation sites is 1. The van der Waals surface area contributed by atoms with Crippen LogP contribution in [0.3, 0.4) is 0 Å². The highest BCUT2D eigenvalue weighted by Gasteiger charge is 2.30. The van der Waals surface area contributed by atoms with Crippen LogP contribution in [0.1, 0.15) is 23.1 Å². The summed E-state index contributed by atoms with van der Waals surface area (Å²) in [7, 11) is 1.65. The summed E-state index contributed by atoms with van der Waals surface area (Å²) in [5.74, 6) is 3.50. The number of carbonyl (C=O) groups excluding carboxylic acids is 1. The number of hydrogen-bond donors (Lipinski definition) is 1. The van der Waals surface area contributed by atoms with Gasteiger partial charge in [0, 0.05) is 36.4 Å². The average Bonchev–Trinajstić information content (AvgIpc) is 3.03. The number of nitrogens with one attached hydrogen (secondary N) is 1. The molecule has 1 aliphatic rings. The zero-order chi connectivity index (χ0) is 16.9. The van der Waals surface area contributed by atoms with Gasteiger partial charge in [0.05, 0.1) is 6.61 Å². The molecule has 5 nitrogen and oxygen atoms in total. The molecule has 2 amide bonds. The van der Waals surface area contributed by atoms with Gasteiger partial charge in [-0.05, 0) is 25.1 Å². The van der Waals surface area contributed by atoms with E-state index in [1.54, 1.807) is 7.11 Å². The van der Waals surface area contributed by atoms with Gasteiger partial charge in [-0.1, -0.05) is 18.2 Å². The van der Waals surface area contributed by atoms with Crippen molar-refractivity contribution < 1.29 is 13.9 Å². The Balaban J connectivity index is 1.77. The fraction of sp³-hybridized carbons (Fsp3) is 0.389. The fourth-order valence-electron chi connectivity index (χ4n) is 2.83. The largest absolute Gasteiger partial charge is 0.464 e. The minimum Gasteiger partial charge on any atom is -0.464 e. The lowest BCUT2D eigenvalue weighted by Crippen LogP contribution is -2.43. The van der Waals surface area contributed by atoms with Crippen LogP contribution in [-0.4, -0.2) is 36.1 Å². The predicted molar refractivity (Wildman–Crippen MR) is 96.4 cm³/mol. The van der Waals surface area contributed by atoms with Crippen LogP contribution in [0.15, 0.2) is 40.8 Å². The highest BCUT2D eigenvalue weighted by atomic mass is 32.2. The second kappa shape index (κ2) is 7.77. The van der Waals surface area contributed by atoms with E-state index < -0.39 is 0 Å². The number of thioether (sulfide) groups is 1. The lowest BCUT2D eigenvalue weighted by Gasteiger charge is -2.34. The zero-order valence-electron chi connectivity index (χ0n) is 14.0. The van der Waals surface area contributed by atoms with E-state index in [9.17, 15) is 4.79 Å². The summed E-state index contributed by atoms with van der Waals surface area (Å²) in [5, 5.41) is 3.03. The average molecular weight is 346 g/mol. The van der Waals surface area contributed by atoms with E-state index >= 15 is 0 Å². The molecule has 128 valence electrons. The summed E-state index contributed by atoms with van der Waals surface area (Å²) >= 11 is 1.84. The molecule has 0 aliphatic carbocycles. The summed E-state index contributed by atoms with van der Waals surface area (Å²) in [5.41, 5.74) is 1.75.